The van der Waals surface area contributed by atoms with Crippen LogP contribution in [0.1, 0.15) is 37.4 Å². The number of hydrogen-bond acceptors (Lipinski definition) is 5. The SMILES string of the molecule is CCC(=O)Nc1c(C)nn(-c2ccccc2)c1N1CCC(C(=O)NCCc2ccccc2OC)CC1. The largest absolute Gasteiger partial charge is 0.496 e. The second kappa shape index (κ2) is 11.7. The third-order valence-corrected chi connectivity index (χ3v) is 6.67. The van der Waals surface area contributed by atoms with Crippen molar-refractivity contribution in [1.82, 2.24) is 15.1 Å². The van der Waals surface area contributed by atoms with Crippen molar-refractivity contribution in [3.63, 3.8) is 0 Å². The molecule has 1 aromatic heterocycles. The van der Waals surface area contributed by atoms with E-state index in [2.05, 4.69) is 15.5 Å². The highest BCUT2D eigenvalue weighted by Crippen LogP contribution is 2.35. The molecule has 1 saturated heterocycles. The Morgan fingerprint density at radius 1 is 1.06 bits per heavy atom. The minimum atomic E-state index is -0.0451. The number of carbonyl (C=O) groups excluding carboxylic acids is 2. The van der Waals surface area contributed by atoms with Crippen LogP contribution in [0.5, 0.6) is 5.75 Å². The molecule has 2 amide bonds. The second-order valence-electron chi connectivity index (χ2n) is 9.05. The van der Waals surface area contributed by atoms with Crippen molar-refractivity contribution in [3.05, 3.63) is 65.9 Å². The number of para-hydroxylation sites is 2. The first-order chi connectivity index (χ1) is 17.5. The number of hydrogen-bond donors (Lipinski definition) is 2. The van der Waals surface area contributed by atoms with Gasteiger partial charge in [-0.3, -0.25) is 9.59 Å². The highest BCUT2D eigenvalue weighted by atomic mass is 16.5. The van der Waals surface area contributed by atoms with Crippen LogP contribution >= 0.6 is 0 Å². The van der Waals surface area contributed by atoms with E-state index < -0.39 is 0 Å². The molecule has 1 aliphatic rings. The number of anilines is 2. The number of nitrogens with one attached hydrogen (secondary N) is 2. The van der Waals surface area contributed by atoms with Crippen LogP contribution in [-0.2, 0) is 16.0 Å². The quantitative estimate of drug-likeness (QED) is 0.472. The minimum absolute atomic E-state index is 0.0400. The maximum absolute atomic E-state index is 12.9. The van der Waals surface area contributed by atoms with Crippen molar-refractivity contribution in [1.29, 1.82) is 0 Å². The van der Waals surface area contributed by atoms with E-state index in [1.54, 1.807) is 7.11 Å². The Balaban J connectivity index is 1.43. The van der Waals surface area contributed by atoms with Gasteiger partial charge in [0.25, 0.3) is 0 Å². The maximum atomic E-state index is 12.9. The molecule has 1 fully saturated rings. The van der Waals surface area contributed by atoms with Crippen molar-refractivity contribution in [2.75, 3.05) is 37.0 Å². The van der Waals surface area contributed by atoms with Crippen LogP contribution in [0.2, 0.25) is 0 Å². The van der Waals surface area contributed by atoms with E-state index in [0.717, 1.165) is 53.5 Å². The van der Waals surface area contributed by atoms with Gasteiger partial charge in [0, 0.05) is 32.0 Å². The van der Waals surface area contributed by atoms with E-state index in [0.29, 0.717) is 26.1 Å². The summed E-state index contributed by atoms with van der Waals surface area (Å²) in [7, 11) is 1.66. The fourth-order valence-corrected chi connectivity index (χ4v) is 4.66. The summed E-state index contributed by atoms with van der Waals surface area (Å²) in [6, 6.07) is 17.8. The smallest absolute Gasteiger partial charge is 0.224 e. The Bertz CT molecular complexity index is 1180. The van der Waals surface area contributed by atoms with Gasteiger partial charge in [0.1, 0.15) is 11.4 Å². The number of methoxy groups -OCH3 is 1. The molecular formula is C28H35N5O3. The van der Waals surface area contributed by atoms with Crippen molar-refractivity contribution in [2.24, 2.45) is 5.92 Å². The molecule has 3 aromatic rings. The van der Waals surface area contributed by atoms with Crippen LogP contribution in [0.25, 0.3) is 5.69 Å². The van der Waals surface area contributed by atoms with Gasteiger partial charge in [-0.15, -0.1) is 0 Å². The molecule has 2 N–H and O–H groups in total. The van der Waals surface area contributed by atoms with Gasteiger partial charge in [-0.2, -0.15) is 5.10 Å². The molecular weight excluding hydrogens is 454 g/mol. The van der Waals surface area contributed by atoms with Crippen molar-refractivity contribution in [2.45, 2.75) is 39.5 Å². The first-order valence-corrected chi connectivity index (χ1v) is 12.6. The van der Waals surface area contributed by atoms with Crippen molar-refractivity contribution >= 4 is 23.3 Å². The van der Waals surface area contributed by atoms with Crippen LogP contribution in [0.15, 0.2) is 54.6 Å². The fourth-order valence-electron chi connectivity index (χ4n) is 4.66. The number of amides is 2. The summed E-state index contributed by atoms with van der Waals surface area (Å²) in [5, 5.41) is 10.9. The number of carbonyl (C=O) groups is 2. The van der Waals surface area contributed by atoms with Crippen LogP contribution in [0, 0.1) is 12.8 Å². The van der Waals surface area contributed by atoms with Crippen LogP contribution < -0.4 is 20.3 Å². The Kier molecular flexibility index (Phi) is 8.25. The monoisotopic (exact) mass is 489 g/mol. The van der Waals surface area contributed by atoms with E-state index in [4.69, 9.17) is 9.84 Å². The topological polar surface area (TPSA) is 88.5 Å². The van der Waals surface area contributed by atoms with Gasteiger partial charge in [-0.25, -0.2) is 4.68 Å². The molecule has 0 unspecified atom stereocenters. The van der Waals surface area contributed by atoms with Crippen LogP contribution in [0.3, 0.4) is 0 Å². The summed E-state index contributed by atoms with van der Waals surface area (Å²) in [5.41, 5.74) is 3.53. The van der Waals surface area contributed by atoms with Gasteiger partial charge >= 0.3 is 0 Å². The Labute approximate surface area is 212 Å². The number of benzene rings is 2. The first-order valence-electron chi connectivity index (χ1n) is 12.6. The number of piperidine rings is 1. The van der Waals surface area contributed by atoms with Crippen LogP contribution in [-0.4, -0.2) is 48.3 Å². The third-order valence-electron chi connectivity index (χ3n) is 6.67. The summed E-state index contributed by atoms with van der Waals surface area (Å²) in [5.74, 6) is 1.72. The molecule has 4 rings (SSSR count). The molecule has 8 heteroatoms. The van der Waals surface area contributed by atoms with Crippen molar-refractivity contribution in [3.8, 4) is 11.4 Å². The summed E-state index contributed by atoms with van der Waals surface area (Å²) < 4.78 is 7.30. The minimum Gasteiger partial charge on any atom is -0.496 e. The molecule has 0 spiro atoms. The fraction of sp³-hybridized carbons (Fsp3) is 0.393. The molecule has 190 valence electrons. The molecule has 2 aromatic carbocycles. The molecule has 0 saturated carbocycles. The number of aromatic nitrogens is 2. The second-order valence-corrected chi connectivity index (χ2v) is 9.05. The standard InChI is InChI=1S/C28H35N5O3/c1-4-25(34)30-26-20(2)31-33(23-11-6-5-7-12-23)28(26)32-18-15-22(16-19-32)27(35)29-17-14-21-10-8-9-13-24(21)36-3/h5-13,22H,4,14-19H2,1-3H3,(H,29,35)(H,30,34). The lowest BCUT2D eigenvalue weighted by Crippen LogP contribution is -2.42. The lowest BCUT2D eigenvalue weighted by Gasteiger charge is -2.33. The molecule has 0 atom stereocenters. The summed E-state index contributed by atoms with van der Waals surface area (Å²) >= 11 is 0. The zero-order valence-corrected chi connectivity index (χ0v) is 21.3. The average Bonchev–Trinajstić information content (AvgIpc) is 3.24. The van der Waals surface area contributed by atoms with Gasteiger partial charge in [-0.1, -0.05) is 43.3 Å². The lowest BCUT2D eigenvalue weighted by molar-refractivity contribution is -0.125. The predicted octanol–water partition coefficient (Wildman–Crippen LogP) is 4.11. The van der Waals surface area contributed by atoms with Crippen molar-refractivity contribution < 1.29 is 14.3 Å². The molecule has 36 heavy (non-hydrogen) atoms. The molecule has 0 radical (unpaired) electrons. The Morgan fingerprint density at radius 2 is 1.75 bits per heavy atom. The zero-order chi connectivity index (χ0) is 25.5. The first kappa shape index (κ1) is 25.3. The molecule has 8 nitrogen and oxygen atoms in total. The van der Waals surface area contributed by atoms with E-state index in [1.165, 1.54) is 0 Å². The Hall–Kier alpha value is -3.81. The van der Waals surface area contributed by atoms with E-state index in [9.17, 15) is 9.59 Å². The summed E-state index contributed by atoms with van der Waals surface area (Å²) in [6.07, 6.45) is 2.60. The van der Waals surface area contributed by atoms with E-state index in [-0.39, 0.29) is 17.7 Å². The average molecular weight is 490 g/mol. The normalized spacial score (nSPS) is 13.9. The highest BCUT2D eigenvalue weighted by molar-refractivity contribution is 5.94. The highest BCUT2D eigenvalue weighted by Gasteiger charge is 2.30. The van der Waals surface area contributed by atoms with Gasteiger partial charge in [-0.05, 0) is 49.9 Å². The summed E-state index contributed by atoms with van der Waals surface area (Å²) in [6.45, 7) is 5.74. The maximum Gasteiger partial charge on any atom is 0.224 e. The van der Waals surface area contributed by atoms with Gasteiger partial charge in [0.2, 0.25) is 11.8 Å². The Morgan fingerprint density at radius 3 is 2.44 bits per heavy atom. The molecule has 0 aliphatic carbocycles. The number of ether oxygens (including phenoxy) is 1. The molecule has 0 bridgehead atoms. The van der Waals surface area contributed by atoms with Crippen LogP contribution in [0.4, 0.5) is 11.5 Å². The zero-order valence-electron chi connectivity index (χ0n) is 21.3. The van der Waals surface area contributed by atoms with Gasteiger partial charge < -0.3 is 20.3 Å². The summed E-state index contributed by atoms with van der Waals surface area (Å²) in [4.78, 5) is 27.4. The van der Waals surface area contributed by atoms with Gasteiger partial charge in [0.05, 0.1) is 18.5 Å². The third kappa shape index (κ3) is 5.70. The van der Waals surface area contributed by atoms with E-state index >= 15 is 0 Å². The predicted molar refractivity (Wildman–Crippen MR) is 142 cm³/mol. The molecule has 2 heterocycles. The number of aryl methyl sites for hydroxylation is 1. The van der Waals surface area contributed by atoms with E-state index in [1.807, 2.05) is 73.1 Å². The lowest BCUT2D eigenvalue weighted by atomic mass is 9.95. The number of rotatable bonds is 9. The van der Waals surface area contributed by atoms with Gasteiger partial charge in [0.15, 0.2) is 5.82 Å². The molecule has 1 aliphatic heterocycles. The number of nitrogens with zero attached hydrogens (tertiary/aromatic N) is 3.